The van der Waals surface area contributed by atoms with Gasteiger partial charge in [0.15, 0.2) is 0 Å². The van der Waals surface area contributed by atoms with Crippen molar-refractivity contribution < 1.29 is 13.9 Å². The number of esters is 1. The van der Waals surface area contributed by atoms with Gasteiger partial charge in [-0.15, -0.1) is 11.3 Å². The van der Waals surface area contributed by atoms with E-state index >= 15 is 0 Å². The summed E-state index contributed by atoms with van der Waals surface area (Å²) in [6.07, 6.45) is 0.619. The number of anilines is 1. The largest absolute Gasteiger partial charge is 0.465 e. The lowest BCUT2D eigenvalue weighted by molar-refractivity contribution is 0.0603. The summed E-state index contributed by atoms with van der Waals surface area (Å²) in [6, 6.07) is 4.58. The first-order valence-corrected chi connectivity index (χ1v) is 6.21. The SMILES string of the molecule is COC(=O)c1c(N)sc2c1-c1ccc(F)cc1C2. The van der Waals surface area contributed by atoms with Crippen LogP contribution in [-0.2, 0) is 11.2 Å². The maximum atomic E-state index is 13.2. The standard InChI is InChI=1S/C13H10FNO2S/c1-17-13(16)11-10-8-3-2-7(14)4-6(8)5-9(10)18-12(11)15/h2-4H,5,15H2,1H3. The van der Waals surface area contributed by atoms with Gasteiger partial charge in [-0.2, -0.15) is 0 Å². The summed E-state index contributed by atoms with van der Waals surface area (Å²) in [6.45, 7) is 0. The average molecular weight is 263 g/mol. The number of hydrogen-bond donors (Lipinski definition) is 1. The summed E-state index contributed by atoms with van der Waals surface area (Å²) < 4.78 is 17.9. The fourth-order valence-electron chi connectivity index (χ4n) is 2.34. The molecule has 0 atom stereocenters. The average Bonchev–Trinajstić information content (AvgIpc) is 2.81. The monoisotopic (exact) mass is 263 g/mol. The van der Waals surface area contributed by atoms with Crippen LogP contribution in [-0.4, -0.2) is 13.1 Å². The second-order valence-electron chi connectivity index (χ2n) is 4.11. The van der Waals surface area contributed by atoms with Crippen LogP contribution in [0.1, 0.15) is 20.8 Å². The number of thiophene rings is 1. The first kappa shape index (κ1) is 11.2. The highest BCUT2D eigenvalue weighted by atomic mass is 32.1. The molecule has 92 valence electrons. The van der Waals surface area contributed by atoms with Gasteiger partial charge in [0.05, 0.1) is 7.11 Å². The second-order valence-corrected chi connectivity index (χ2v) is 5.25. The zero-order valence-corrected chi connectivity index (χ0v) is 10.4. The fraction of sp³-hybridized carbons (Fsp3) is 0.154. The predicted octanol–water partition coefficient (Wildman–Crippen LogP) is 2.83. The fourth-order valence-corrected chi connectivity index (χ4v) is 3.43. The topological polar surface area (TPSA) is 52.3 Å². The number of hydrogen-bond acceptors (Lipinski definition) is 4. The van der Waals surface area contributed by atoms with Crippen molar-refractivity contribution in [1.29, 1.82) is 0 Å². The van der Waals surface area contributed by atoms with E-state index in [1.807, 2.05) is 0 Å². The van der Waals surface area contributed by atoms with Crippen molar-refractivity contribution in [3.05, 3.63) is 40.0 Å². The van der Waals surface area contributed by atoms with Crippen molar-refractivity contribution in [2.75, 3.05) is 12.8 Å². The van der Waals surface area contributed by atoms with Gasteiger partial charge in [-0.05, 0) is 23.3 Å². The van der Waals surface area contributed by atoms with E-state index < -0.39 is 5.97 Å². The minimum Gasteiger partial charge on any atom is -0.465 e. The molecule has 1 aromatic heterocycles. The highest BCUT2D eigenvalue weighted by Gasteiger charge is 2.30. The Morgan fingerprint density at radius 2 is 2.28 bits per heavy atom. The van der Waals surface area contributed by atoms with E-state index in [0.29, 0.717) is 17.0 Å². The molecule has 0 radical (unpaired) electrons. The van der Waals surface area contributed by atoms with Crippen LogP contribution in [0.3, 0.4) is 0 Å². The van der Waals surface area contributed by atoms with Crippen LogP contribution in [0, 0.1) is 5.82 Å². The molecule has 0 bridgehead atoms. The normalized spacial score (nSPS) is 12.1. The summed E-state index contributed by atoms with van der Waals surface area (Å²) >= 11 is 1.36. The molecular formula is C13H10FNO2S. The molecule has 0 saturated heterocycles. The maximum Gasteiger partial charge on any atom is 0.341 e. The molecule has 0 aliphatic heterocycles. The first-order chi connectivity index (χ1) is 8.61. The Kier molecular flexibility index (Phi) is 2.38. The predicted molar refractivity (Wildman–Crippen MR) is 68.3 cm³/mol. The molecule has 5 heteroatoms. The number of carbonyl (C=O) groups excluding carboxylic acids is 1. The number of fused-ring (bicyclic) bond motifs is 3. The van der Waals surface area contributed by atoms with E-state index in [1.165, 1.54) is 30.6 Å². The minimum absolute atomic E-state index is 0.267. The van der Waals surface area contributed by atoms with Gasteiger partial charge >= 0.3 is 5.97 Å². The van der Waals surface area contributed by atoms with E-state index in [9.17, 15) is 9.18 Å². The third-order valence-corrected chi connectivity index (χ3v) is 4.10. The number of rotatable bonds is 1. The number of halogens is 1. The molecule has 0 fully saturated rings. The Bertz CT molecular complexity index is 663. The molecule has 0 saturated carbocycles. The molecule has 2 N–H and O–H groups in total. The van der Waals surface area contributed by atoms with Crippen LogP contribution in [0.2, 0.25) is 0 Å². The van der Waals surface area contributed by atoms with E-state index in [1.54, 1.807) is 6.07 Å². The van der Waals surface area contributed by atoms with Crippen molar-refractivity contribution in [2.24, 2.45) is 0 Å². The van der Waals surface area contributed by atoms with Crippen molar-refractivity contribution in [3.63, 3.8) is 0 Å². The molecule has 2 aromatic rings. The molecule has 3 nitrogen and oxygen atoms in total. The van der Waals surface area contributed by atoms with Crippen molar-refractivity contribution >= 4 is 22.3 Å². The second kappa shape index (κ2) is 3.81. The Balaban J connectivity index is 2.25. The number of ether oxygens (including phenoxy) is 1. The lowest BCUT2D eigenvalue weighted by atomic mass is 10.0. The van der Waals surface area contributed by atoms with Gasteiger partial charge in [0.25, 0.3) is 0 Å². The van der Waals surface area contributed by atoms with Crippen LogP contribution in [0.4, 0.5) is 9.39 Å². The molecule has 1 aliphatic rings. The van der Waals surface area contributed by atoms with Gasteiger partial charge < -0.3 is 10.5 Å². The lowest BCUT2D eigenvalue weighted by Crippen LogP contribution is -2.04. The first-order valence-electron chi connectivity index (χ1n) is 5.40. The molecule has 0 spiro atoms. The van der Waals surface area contributed by atoms with Crippen LogP contribution in [0.5, 0.6) is 0 Å². The summed E-state index contributed by atoms with van der Waals surface area (Å²) in [5.41, 5.74) is 8.83. The molecule has 1 aromatic carbocycles. The number of nitrogens with two attached hydrogens (primary N) is 1. The third-order valence-electron chi connectivity index (χ3n) is 3.09. The Morgan fingerprint density at radius 3 is 3.00 bits per heavy atom. The van der Waals surface area contributed by atoms with Gasteiger partial charge in [-0.25, -0.2) is 9.18 Å². The Hall–Kier alpha value is -1.88. The van der Waals surface area contributed by atoms with Crippen molar-refractivity contribution in [2.45, 2.75) is 6.42 Å². The van der Waals surface area contributed by atoms with E-state index in [0.717, 1.165) is 21.6 Å². The van der Waals surface area contributed by atoms with Crippen LogP contribution in [0.15, 0.2) is 18.2 Å². The summed E-state index contributed by atoms with van der Waals surface area (Å²) in [7, 11) is 1.33. The molecule has 18 heavy (non-hydrogen) atoms. The molecule has 0 amide bonds. The molecule has 1 aliphatic carbocycles. The molecule has 1 heterocycles. The quantitative estimate of drug-likeness (QED) is 0.687. The zero-order valence-electron chi connectivity index (χ0n) is 9.62. The van der Waals surface area contributed by atoms with Crippen molar-refractivity contribution in [1.82, 2.24) is 0 Å². The summed E-state index contributed by atoms with van der Waals surface area (Å²) in [5, 5.41) is 0.460. The van der Waals surface area contributed by atoms with E-state index in [2.05, 4.69) is 0 Å². The van der Waals surface area contributed by atoms with Crippen LogP contribution >= 0.6 is 11.3 Å². The van der Waals surface area contributed by atoms with Gasteiger partial charge in [0, 0.05) is 16.9 Å². The number of benzene rings is 1. The maximum absolute atomic E-state index is 13.2. The molecular weight excluding hydrogens is 253 g/mol. The third kappa shape index (κ3) is 1.44. The molecule has 0 unspecified atom stereocenters. The number of carbonyl (C=O) groups is 1. The Morgan fingerprint density at radius 1 is 1.50 bits per heavy atom. The minimum atomic E-state index is -0.442. The zero-order chi connectivity index (χ0) is 12.9. The highest BCUT2D eigenvalue weighted by molar-refractivity contribution is 7.17. The van der Waals surface area contributed by atoms with E-state index in [4.69, 9.17) is 10.5 Å². The van der Waals surface area contributed by atoms with Gasteiger partial charge in [-0.1, -0.05) is 6.07 Å². The number of methoxy groups -OCH3 is 1. The van der Waals surface area contributed by atoms with Crippen LogP contribution in [0.25, 0.3) is 11.1 Å². The van der Waals surface area contributed by atoms with E-state index in [-0.39, 0.29) is 5.82 Å². The Labute approximate surface area is 107 Å². The van der Waals surface area contributed by atoms with Crippen LogP contribution < -0.4 is 5.73 Å². The lowest BCUT2D eigenvalue weighted by Gasteiger charge is -2.04. The van der Waals surface area contributed by atoms with Gasteiger partial charge in [-0.3, -0.25) is 0 Å². The summed E-state index contributed by atoms with van der Waals surface area (Å²) in [4.78, 5) is 12.8. The smallest absolute Gasteiger partial charge is 0.341 e. The molecule has 3 rings (SSSR count). The number of nitrogen functional groups attached to an aromatic ring is 1. The summed E-state index contributed by atoms with van der Waals surface area (Å²) in [5.74, 6) is -0.710. The highest BCUT2D eigenvalue weighted by Crippen LogP contribution is 2.46. The van der Waals surface area contributed by atoms with Gasteiger partial charge in [0.1, 0.15) is 16.4 Å². The van der Waals surface area contributed by atoms with Gasteiger partial charge in [0.2, 0.25) is 0 Å². The van der Waals surface area contributed by atoms with Crippen molar-refractivity contribution in [3.8, 4) is 11.1 Å².